The number of amides is 4. The topological polar surface area (TPSA) is 86.8 Å². The van der Waals surface area contributed by atoms with Gasteiger partial charge in [0.05, 0.1) is 11.1 Å². The van der Waals surface area contributed by atoms with E-state index in [9.17, 15) is 19.2 Å². The predicted octanol–water partition coefficient (Wildman–Crippen LogP) is 2.48. The van der Waals surface area contributed by atoms with Gasteiger partial charge in [-0.1, -0.05) is 30.3 Å². The second-order valence-corrected chi connectivity index (χ2v) is 7.91. The summed E-state index contributed by atoms with van der Waals surface area (Å²) in [6.45, 7) is 1.42. The SMILES string of the molecule is O=C(NC1CCN(C(=O)CCCN2C(=O)c3ccccc3C2=O)CC1)c1ccccc1. The minimum absolute atomic E-state index is 0.0180. The summed E-state index contributed by atoms with van der Waals surface area (Å²) < 4.78 is 0. The second-order valence-electron chi connectivity index (χ2n) is 7.91. The molecule has 0 unspecified atom stereocenters. The molecule has 0 bridgehead atoms. The van der Waals surface area contributed by atoms with Crippen LogP contribution in [0.1, 0.15) is 56.8 Å². The number of hydrogen-bond acceptors (Lipinski definition) is 4. The summed E-state index contributed by atoms with van der Waals surface area (Å²) in [6.07, 6.45) is 2.15. The van der Waals surface area contributed by atoms with Gasteiger partial charge in [0.25, 0.3) is 17.7 Å². The van der Waals surface area contributed by atoms with Crippen LogP contribution in [-0.2, 0) is 4.79 Å². The molecule has 31 heavy (non-hydrogen) atoms. The first-order valence-corrected chi connectivity index (χ1v) is 10.6. The van der Waals surface area contributed by atoms with Crippen molar-refractivity contribution >= 4 is 23.6 Å². The maximum atomic E-state index is 12.6. The minimum Gasteiger partial charge on any atom is -0.349 e. The summed E-state index contributed by atoms with van der Waals surface area (Å²) in [7, 11) is 0. The van der Waals surface area contributed by atoms with Crippen LogP contribution < -0.4 is 5.32 Å². The fraction of sp³-hybridized carbons (Fsp3) is 0.333. The summed E-state index contributed by atoms with van der Waals surface area (Å²) in [5, 5.41) is 3.03. The van der Waals surface area contributed by atoms with Crippen molar-refractivity contribution in [3.63, 3.8) is 0 Å². The molecule has 1 fully saturated rings. The first kappa shape index (κ1) is 20.8. The standard InChI is InChI=1S/C24H25N3O4/c28-21(11-6-14-27-23(30)19-9-4-5-10-20(19)24(27)31)26-15-12-18(13-16-26)25-22(29)17-7-2-1-3-8-17/h1-5,7-10,18H,6,11-16H2,(H,25,29). The van der Waals surface area contributed by atoms with Crippen molar-refractivity contribution in [2.45, 2.75) is 31.7 Å². The average molecular weight is 419 g/mol. The molecule has 2 aromatic carbocycles. The molecule has 0 saturated carbocycles. The zero-order valence-corrected chi connectivity index (χ0v) is 17.3. The molecule has 0 aliphatic carbocycles. The van der Waals surface area contributed by atoms with E-state index >= 15 is 0 Å². The molecule has 0 atom stereocenters. The minimum atomic E-state index is -0.289. The van der Waals surface area contributed by atoms with Crippen molar-refractivity contribution in [3.05, 3.63) is 71.3 Å². The Balaban J connectivity index is 1.20. The summed E-state index contributed by atoms with van der Waals surface area (Å²) in [5.74, 6) is -0.651. The van der Waals surface area contributed by atoms with E-state index in [1.165, 1.54) is 4.90 Å². The van der Waals surface area contributed by atoms with Gasteiger partial charge in [0.1, 0.15) is 0 Å². The fourth-order valence-corrected chi connectivity index (χ4v) is 4.12. The lowest BCUT2D eigenvalue weighted by atomic mass is 10.0. The molecule has 1 saturated heterocycles. The van der Waals surface area contributed by atoms with Crippen LogP contribution in [0.15, 0.2) is 54.6 Å². The number of fused-ring (bicyclic) bond motifs is 1. The van der Waals surface area contributed by atoms with Crippen LogP contribution in [0.25, 0.3) is 0 Å². The van der Waals surface area contributed by atoms with Crippen molar-refractivity contribution in [2.24, 2.45) is 0 Å². The summed E-state index contributed by atoms with van der Waals surface area (Å²) >= 11 is 0. The Bertz CT molecular complexity index is 962. The summed E-state index contributed by atoms with van der Waals surface area (Å²) in [6, 6.07) is 15.9. The maximum absolute atomic E-state index is 12.6. The molecule has 7 nitrogen and oxygen atoms in total. The lowest BCUT2D eigenvalue weighted by molar-refractivity contribution is -0.132. The number of nitrogens with zero attached hydrogens (tertiary/aromatic N) is 2. The summed E-state index contributed by atoms with van der Waals surface area (Å²) in [5.41, 5.74) is 1.49. The highest BCUT2D eigenvalue weighted by atomic mass is 16.2. The van der Waals surface area contributed by atoms with Gasteiger partial charge < -0.3 is 10.2 Å². The third-order valence-corrected chi connectivity index (χ3v) is 5.87. The van der Waals surface area contributed by atoms with Crippen LogP contribution in [0.4, 0.5) is 0 Å². The Morgan fingerprint density at radius 2 is 1.45 bits per heavy atom. The van der Waals surface area contributed by atoms with E-state index in [1.54, 1.807) is 41.3 Å². The Kier molecular flexibility index (Phi) is 6.11. The van der Waals surface area contributed by atoms with E-state index in [-0.39, 0.29) is 42.6 Å². The molecule has 2 aromatic rings. The highest BCUT2D eigenvalue weighted by molar-refractivity contribution is 6.21. The number of likely N-dealkylation sites (tertiary alicyclic amines) is 1. The van der Waals surface area contributed by atoms with Gasteiger partial charge in [-0.25, -0.2) is 0 Å². The highest BCUT2D eigenvalue weighted by Gasteiger charge is 2.34. The quantitative estimate of drug-likeness (QED) is 0.729. The van der Waals surface area contributed by atoms with E-state index in [4.69, 9.17) is 0 Å². The Morgan fingerprint density at radius 1 is 0.871 bits per heavy atom. The van der Waals surface area contributed by atoms with Gasteiger partial charge in [-0.3, -0.25) is 24.1 Å². The van der Waals surface area contributed by atoms with Crippen molar-refractivity contribution in [1.29, 1.82) is 0 Å². The van der Waals surface area contributed by atoms with Crippen molar-refractivity contribution < 1.29 is 19.2 Å². The van der Waals surface area contributed by atoms with Gasteiger partial charge in [-0.05, 0) is 43.5 Å². The number of rotatable bonds is 6. The van der Waals surface area contributed by atoms with E-state index in [2.05, 4.69) is 5.32 Å². The molecule has 160 valence electrons. The zero-order valence-electron chi connectivity index (χ0n) is 17.3. The average Bonchev–Trinajstić information content (AvgIpc) is 3.05. The number of hydrogen-bond donors (Lipinski definition) is 1. The molecule has 4 amide bonds. The van der Waals surface area contributed by atoms with Crippen LogP contribution in [0.5, 0.6) is 0 Å². The molecule has 0 aromatic heterocycles. The molecule has 7 heteroatoms. The first-order valence-electron chi connectivity index (χ1n) is 10.6. The van der Waals surface area contributed by atoms with Gasteiger partial charge in [0.15, 0.2) is 0 Å². The number of benzene rings is 2. The van der Waals surface area contributed by atoms with Gasteiger partial charge >= 0.3 is 0 Å². The third kappa shape index (κ3) is 4.50. The number of carbonyl (C=O) groups is 4. The fourth-order valence-electron chi connectivity index (χ4n) is 4.12. The van der Waals surface area contributed by atoms with Gasteiger partial charge in [-0.15, -0.1) is 0 Å². The van der Waals surface area contributed by atoms with E-state index in [0.29, 0.717) is 49.0 Å². The van der Waals surface area contributed by atoms with E-state index in [0.717, 1.165) is 0 Å². The van der Waals surface area contributed by atoms with Crippen molar-refractivity contribution in [3.8, 4) is 0 Å². The van der Waals surface area contributed by atoms with Gasteiger partial charge in [0.2, 0.25) is 5.91 Å². The Morgan fingerprint density at radius 3 is 2.06 bits per heavy atom. The van der Waals surface area contributed by atoms with Crippen LogP contribution in [0.3, 0.4) is 0 Å². The van der Waals surface area contributed by atoms with E-state index < -0.39 is 0 Å². The summed E-state index contributed by atoms with van der Waals surface area (Å²) in [4.78, 5) is 52.6. The van der Waals surface area contributed by atoms with Crippen molar-refractivity contribution in [2.75, 3.05) is 19.6 Å². The lowest BCUT2D eigenvalue weighted by Crippen LogP contribution is -2.46. The molecule has 0 spiro atoms. The molecule has 0 radical (unpaired) electrons. The number of piperidine rings is 1. The second kappa shape index (κ2) is 9.12. The number of carbonyl (C=O) groups excluding carboxylic acids is 4. The van der Waals surface area contributed by atoms with Crippen LogP contribution in [0.2, 0.25) is 0 Å². The zero-order chi connectivity index (χ0) is 21.8. The van der Waals surface area contributed by atoms with Gasteiger partial charge in [-0.2, -0.15) is 0 Å². The molecular formula is C24H25N3O4. The highest BCUT2D eigenvalue weighted by Crippen LogP contribution is 2.23. The molecule has 2 aliphatic heterocycles. The Hall–Kier alpha value is -3.48. The van der Waals surface area contributed by atoms with Crippen LogP contribution in [0, 0.1) is 0 Å². The lowest BCUT2D eigenvalue weighted by Gasteiger charge is -2.32. The predicted molar refractivity (Wildman–Crippen MR) is 115 cm³/mol. The number of nitrogens with one attached hydrogen (secondary N) is 1. The van der Waals surface area contributed by atoms with E-state index in [1.807, 2.05) is 18.2 Å². The van der Waals surface area contributed by atoms with Gasteiger partial charge in [0, 0.05) is 37.7 Å². The number of imide groups is 1. The van der Waals surface area contributed by atoms with Crippen molar-refractivity contribution in [1.82, 2.24) is 15.1 Å². The smallest absolute Gasteiger partial charge is 0.261 e. The third-order valence-electron chi connectivity index (χ3n) is 5.87. The largest absolute Gasteiger partial charge is 0.349 e. The normalized spacial score (nSPS) is 16.4. The molecule has 4 rings (SSSR count). The molecule has 2 heterocycles. The molecular weight excluding hydrogens is 394 g/mol. The molecule has 1 N–H and O–H groups in total. The first-order chi connectivity index (χ1) is 15.0. The van der Waals surface area contributed by atoms with Crippen LogP contribution in [-0.4, -0.2) is 59.1 Å². The monoisotopic (exact) mass is 419 g/mol. The molecule has 2 aliphatic rings. The van der Waals surface area contributed by atoms with Crippen LogP contribution >= 0.6 is 0 Å². The Labute approximate surface area is 181 Å². The maximum Gasteiger partial charge on any atom is 0.261 e.